The quantitative estimate of drug-likeness (QED) is 0.556. The van der Waals surface area contributed by atoms with Gasteiger partial charge >= 0.3 is 0 Å². The van der Waals surface area contributed by atoms with Gasteiger partial charge in [0, 0.05) is 18.6 Å². The second kappa shape index (κ2) is 10.7. The molecule has 2 nitrogen and oxygen atoms in total. The molecule has 1 rings (SSSR count). The molecular weight excluding hydrogens is 234 g/mol. The molecule has 1 N–H and O–H groups in total. The zero-order chi connectivity index (χ0) is 13.8. The minimum atomic E-state index is 0.442. The lowest BCUT2D eigenvalue weighted by molar-refractivity contribution is -0.0131. The molecule has 0 spiro atoms. The van der Waals surface area contributed by atoms with Crippen LogP contribution in [0.25, 0.3) is 0 Å². The second-order valence-electron chi connectivity index (χ2n) is 6.31. The Hall–Kier alpha value is -0.0800. The molecule has 2 heteroatoms. The van der Waals surface area contributed by atoms with Gasteiger partial charge < -0.3 is 10.1 Å². The van der Waals surface area contributed by atoms with Crippen LogP contribution in [-0.4, -0.2) is 26.3 Å². The van der Waals surface area contributed by atoms with Gasteiger partial charge in [0.25, 0.3) is 0 Å². The molecule has 0 radical (unpaired) electrons. The highest BCUT2D eigenvalue weighted by molar-refractivity contribution is 4.84. The fraction of sp³-hybridized carbons (Fsp3) is 1.00. The van der Waals surface area contributed by atoms with Crippen LogP contribution in [0.15, 0.2) is 0 Å². The van der Waals surface area contributed by atoms with Gasteiger partial charge in [0.15, 0.2) is 0 Å². The summed E-state index contributed by atoms with van der Waals surface area (Å²) in [6, 6.07) is 0. The van der Waals surface area contributed by atoms with Gasteiger partial charge in [-0.3, -0.25) is 0 Å². The average molecular weight is 269 g/mol. The van der Waals surface area contributed by atoms with E-state index in [4.69, 9.17) is 4.74 Å². The summed E-state index contributed by atoms with van der Waals surface area (Å²) in [5.74, 6) is 0. The minimum absolute atomic E-state index is 0.442. The highest BCUT2D eigenvalue weighted by Gasteiger charge is 2.31. The Morgan fingerprint density at radius 1 is 1.00 bits per heavy atom. The van der Waals surface area contributed by atoms with Gasteiger partial charge in [0.2, 0.25) is 0 Å². The van der Waals surface area contributed by atoms with Gasteiger partial charge in [-0.2, -0.15) is 0 Å². The zero-order valence-corrected chi connectivity index (χ0v) is 13.3. The predicted octanol–water partition coefficient (Wildman–Crippen LogP) is 4.53. The lowest BCUT2D eigenvalue weighted by Crippen LogP contribution is -2.41. The maximum absolute atomic E-state index is 5.75. The van der Waals surface area contributed by atoms with Gasteiger partial charge in [0.05, 0.1) is 6.61 Å². The fourth-order valence-electron chi connectivity index (χ4n) is 3.18. The van der Waals surface area contributed by atoms with Crippen LogP contribution in [0, 0.1) is 5.41 Å². The molecule has 0 amide bonds. The third-order valence-corrected chi connectivity index (χ3v) is 4.46. The van der Waals surface area contributed by atoms with Crippen molar-refractivity contribution in [3.63, 3.8) is 0 Å². The predicted molar refractivity (Wildman–Crippen MR) is 83.6 cm³/mol. The summed E-state index contributed by atoms with van der Waals surface area (Å²) in [4.78, 5) is 0. The van der Waals surface area contributed by atoms with E-state index in [1.54, 1.807) is 0 Å². The summed E-state index contributed by atoms with van der Waals surface area (Å²) < 4.78 is 5.75. The van der Waals surface area contributed by atoms with Crippen molar-refractivity contribution in [2.24, 2.45) is 5.41 Å². The van der Waals surface area contributed by atoms with Crippen LogP contribution in [0.1, 0.15) is 78.1 Å². The van der Waals surface area contributed by atoms with E-state index in [0.29, 0.717) is 5.41 Å². The zero-order valence-electron chi connectivity index (χ0n) is 13.3. The van der Waals surface area contributed by atoms with E-state index in [1.165, 1.54) is 64.2 Å². The van der Waals surface area contributed by atoms with Crippen molar-refractivity contribution in [2.45, 2.75) is 78.1 Å². The Bertz CT molecular complexity index is 199. The van der Waals surface area contributed by atoms with Crippen LogP contribution in [-0.2, 0) is 4.74 Å². The first kappa shape index (κ1) is 17.0. The van der Waals surface area contributed by atoms with Crippen molar-refractivity contribution >= 4 is 0 Å². The first-order valence-electron chi connectivity index (χ1n) is 8.61. The Morgan fingerprint density at radius 3 is 2.37 bits per heavy atom. The van der Waals surface area contributed by atoms with Gasteiger partial charge in [-0.15, -0.1) is 0 Å². The highest BCUT2D eigenvalue weighted by Crippen LogP contribution is 2.33. The van der Waals surface area contributed by atoms with E-state index in [-0.39, 0.29) is 0 Å². The van der Waals surface area contributed by atoms with E-state index < -0.39 is 0 Å². The maximum atomic E-state index is 5.75. The van der Waals surface area contributed by atoms with Crippen molar-refractivity contribution in [2.75, 3.05) is 26.3 Å². The summed E-state index contributed by atoms with van der Waals surface area (Å²) in [6.45, 7) is 8.68. The lowest BCUT2D eigenvalue weighted by atomic mass is 9.78. The molecule has 0 bridgehead atoms. The molecule has 19 heavy (non-hydrogen) atoms. The molecule has 1 aliphatic heterocycles. The molecule has 1 saturated heterocycles. The molecule has 0 saturated carbocycles. The molecule has 1 aliphatic rings. The SMILES string of the molecule is CCCCCCCCCC1(CNCC)CCCOC1. The summed E-state index contributed by atoms with van der Waals surface area (Å²) in [5, 5.41) is 3.55. The molecule has 1 fully saturated rings. The Morgan fingerprint density at radius 2 is 1.74 bits per heavy atom. The molecule has 1 unspecified atom stereocenters. The van der Waals surface area contributed by atoms with E-state index >= 15 is 0 Å². The summed E-state index contributed by atoms with van der Waals surface area (Å²) in [7, 11) is 0. The van der Waals surface area contributed by atoms with Crippen molar-refractivity contribution in [1.82, 2.24) is 5.32 Å². The lowest BCUT2D eigenvalue weighted by Gasteiger charge is -2.37. The number of unbranched alkanes of at least 4 members (excludes halogenated alkanes) is 6. The molecule has 0 aromatic carbocycles. The van der Waals surface area contributed by atoms with Crippen molar-refractivity contribution in [3.8, 4) is 0 Å². The number of rotatable bonds is 11. The second-order valence-corrected chi connectivity index (χ2v) is 6.31. The standard InChI is InChI=1S/C17H35NO/c1-3-5-6-7-8-9-10-12-17(15-18-4-2)13-11-14-19-16-17/h18H,3-16H2,1-2H3. The number of nitrogens with one attached hydrogen (secondary N) is 1. The summed E-state index contributed by atoms with van der Waals surface area (Å²) in [5.41, 5.74) is 0.442. The molecule has 1 heterocycles. The van der Waals surface area contributed by atoms with Crippen molar-refractivity contribution < 1.29 is 4.74 Å². The van der Waals surface area contributed by atoms with Crippen LogP contribution >= 0.6 is 0 Å². The summed E-state index contributed by atoms with van der Waals surface area (Å²) >= 11 is 0. The van der Waals surface area contributed by atoms with Crippen LogP contribution in [0.4, 0.5) is 0 Å². The number of ether oxygens (including phenoxy) is 1. The molecule has 0 aliphatic carbocycles. The molecule has 1 atom stereocenters. The van der Waals surface area contributed by atoms with Gasteiger partial charge in [-0.1, -0.05) is 58.8 Å². The third-order valence-electron chi connectivity index (χ3n) is 4.46. The first-order valence-corrected chi connectivity index (χ1v) is 8.61. The topological polar surface area (TPSA) is 21.3 Å². The van der Waals surface area contributed by atoms with E-state index in [9.17, 15) is 0 Å². The molecule has 114 valence electrons. The monoisotopic (exact) mass is 269 g/mol. The largest absolute Gasteiger partial charge is 0.381 e. The Labute approximate surface area is 120 Å². The van der Waals surface area contributed by atoms with Gasteiger partial charge in [-0.05, 0) is 25.8 Å². The normalized spacial score (nSPS) is 23.7. The minimum Gasteiger partial charge on any atom is -0.381 e. The molecule has 0 aromatic rings. The van der Waals surface area contributed by atoms with Crippen LogP contribution in [0.3, 0.4) is 0 Å². The van der Waals surface area contributed by atoms with Crippen LogP contribution in [0.2, 0.25) is 0 Å². The fourth-order valence-corrected chi connectivity index (χ4v) is 3.18. The third kappa shape index (κ3) is 7.31. The number of hydrogen-bond acceptors (Lipinski definition) is 2. The summed E-state index contributed by atoms with van der Waals surface area (Å²) in [6.07, 6.45) is 13.8. The highest BCUT2D eigenvalue weighted by atomic mass is 16.5. The Kier molecular flexibility index (Phi) is 9.54. The van der Waals surface area contributed by atoms with Crippen LogP contribution < -0.4 is 5.32 Å². The maximum Gasteiger partial charge on any atom is 0.0534 e. The van der Waals surface area contributed by atoms with E-state index in [2.05, 4.69) is 19.2 Å². The molecular formula is C17H35NO. The molecule has 0 aromatic heterocycles. The average Bonchev–Trinajstić information content (AvgIpc) is 2.45. The van der Waals surface area contributed by atoms with Crippen molar-refractivity contribution in [3.05, 3.63) is 0 Å². The number of hydrogen-bond donors (Lipinski definition) is 1. The van der Waals surface area contributed by atoms with Crippen LogP contribution in [0.5, 0.6) is 0 Å². The van der Waals surface area contributed by atoms with Gasteiger partial charge in [-0.25, -0.2) is 0 Å². The van der Waals surface area contributed by atoms with E-state index in [0.717, 1.165) is 26.3 Å². The van der Waals surface area contributed by atoms with Gasteiger partial charge in [0.1, 0.15) is 0 Å². The Balaban J connectivity index is 2.14. The van der Waals surface area contributed by atoms with Crippen molar-refractivity contribution in [1.29, 1.82) is 0 Å². The first-order chi connectivity index (χ1) is 9.33. The van der Waals surface area contributed by atoms with E-state index in [1.807, 2.05) is 0 Å². The smallest absolute Gasteiger partial charge is 0.0534 e.